The molecule has 4 rings (SSSR count). The number of nitrogens with one attached hydrogen (secondary N) is 1. The molecule has 0 saturated carbocycles. The topological polar surface area (TPSA) is 21.3 Å². The Bertz CT molecular complexity index is 896. The molecule has 24 heavy (non-hydrogen) atoms. The van der Waals surface area contributed by atoms with Gasteiger partial charge in [0.1, 0.15) is 12.2 Å². The Balaban J connectivity index is 1.71. The first-order chi connectivity index (χ1) is 11.7. The molecule has 1 aliphatic heterocycles. The largest absolute Gasteiger partial charge is 0.409 e. The second kappa shape index (κ2) is 6.26. The molecule has 0 bridgehead atoms. The Kier molecular flexibility index (Phi) is 3.96. The molecular formula is C19H13F2NOS. The minimum absolute atomic E-state index is 0.645. The smallest absolute Gasteiger partial charge is 0.159 e. The maximum atomic E-state index is 13.4. The molecule has 5 heteroatoms. The second-order valence-corrected chi connectivity index (χ2v) is 6.11. The normalized spacial score (nSPS) is 13.2. The summed E-state index contributed by atoms with van der Waals surface area (Å²) in [6, 6.07) is 17.7. The molecule has 3 aromatic carbocycles. The van der Waals surface area contributed by atoms with Crippen LogP contribution in [0.4, 0.5) is 8.78 Å². The van der Waals surface area contributed by atoms with E-state index in [1.54, 1.807) is 6.07 Å². The summed E-state index contributed by atoms with van der Waals surface area (Å²) >= 11 is 1.22. The fraction of sp³-hybridized carbons (Fsp3) is 0.0526. The van der Waals surface area contributed by atoms with Gasteiger partial charge in [-0.25, -0.2) is 13.5 Å². The van der Waals surface area contributed by atoms with Gasteiger partial charge in [-0.05, 0) is 28.8 Å². The average Bonchev–Trinajstić information content (AvgIpc) is 2.64. The zero-order chi connectivity index (χ0) is 16.5. The molecule has 2 nitrogen and oxygen atoms in total. The van der Waals surface area contributed by atoms with Gasteiger partial charge in [0.2, 0.25) is 0 Å². The Hall–Kier alpha value is -2.37. The molecule has 0 aliphatic carbocycles. The third-order valence-electron chi connectivity index (χ3n) is 3.99. The van der Waals surface area contributed by atoms with Crippen molar-refractivity contribution in [2.75, 3.05) is 0 Å². The summed E-state index contributed by atoms with van der Waals surface area (Å²) in [5, 5.41) is 0. The van der Waals surface area contributed by atoms with Crippen LogP contribution in [-0.2, 0) is 6.54 Å². The lowest BCUT2D eigenvalue weighted by atomic mass is 9.98. The van der Waals surface area contributed by atoms with Crippen molar-refractivity contribution in [1.82, 2.24) is 4.72 Å². The van der Waals surface area contributed by atoms with Gasteiger partial charge in [0.15, 0.2) is 17.4 Å². The highest BCUT2D eigenvalue weighted by molar-refractivity contribution is 7.93. The number of para-hydroxylation sites is 1. The summed E-state index contributed by atoms with van der Waals surface area (Å²) in [7, 11) is 0. The van der Waals surface area contributed by atoms with Crippen LogP contribution in [0.25, 0.3) is 22.3 Å². The van der Waals surface area contributed by atoms with Gasteiger partial charge in [0.25, 0.3) is 0 Å². The van der Waals surface area contributed by atoms with E-state index >= 15 is 0 Å². The van der Waals surface area contributed by atoms with Crippen LogP contribution in [0.2, 0.25) is 0 Å². The van der Waals surface area contributed by atoms with Crippen molar-refractivity contribution in [2.24, 2.45) is 0 Å². The van der Waals surface area contributed by atoms with Gasteiger partial charge in [-0.3, -0.25) is 0 Å². The molecule has 1 heterocycles. The van der Waals surface area contributed by atoms with E-state index in [1.165, 1.54) is 18.3 Å². The van der Waals surface area contributed by atoms with Crippen molar-refractivity contribution >= 4 is 12.2 Å². The summed E-state index contributed by atoms with van der Waals surface area (Å²) in [4.78, 5) is 0. The van der Waals surface area contributed by atoms with Crippen LogP contribution in [0, 0.1) is 11.6 Å². The molecule has 0 aromatic heterocycles. The van der Waals surface area contributed by atoms with E-state index in [2.05, 4.69) is 4.72 Å². The zero-order valence-electron chi connectivity index (χ0n) is 12.6. The first kappa shape index (κ1) is 15.2. The van der Waals surface area contributed by atoms with E-state index in [4.69, 9.17) is 4.18 Å². The van der Waals surface area contributed by atoms with E-state index < -0.39 is 11.6 Å². The molecule has 0 saturated heterocycles. The highest BCUT2D eigenvalue weighted by atomic mass is 32.2. The predicted molar refractivity (Wildman–Crippen MR) is 92.3 cm³/mol. The van der Waals surface area contributed by atoms with Crippen LogP contribution >= 0.6 is 12.2 Å². The van der Waals surface area contributed by atoms with Gasteiger partial charge in [-0.1, -0.05) is 48.5 Å². The second-order valence-electron chi connectivity index (χ2n) is 5.49. The van der Waals surface area contributed by atoms with Crippen molar-refractivity contribution < 1.29 is 13.0 Å². The van der Waals surface area contributed by atoms with Crippen molar-refractivity contribution in [3.63, 3.8) is 0 Å². The highest BCUT2D eigenvalue weighted by Crippen LogP contribution is 2.37. The molecule has 0 unspecified atom stereocenters. The fourth-order valence-electron chi connectivity index (χ4n) is 2.75. The standard InChI is InChI=1S/C19H13F2NOS/c20-17-9-8-14(10-18(17)21)12-4-6-13(7-5-12)16-3-1-2-15-11-22-24-23-19(15)16/h1-10,22H,11H2. The molecule has 0 spiro atoms. The summed E-state index contributed by atoms with van der Waals surface area (Å²) < 4.78 is 35.2. The predicted octanol–water partition coefficient (Wildman–Crippen LogP) is 5.34. The third-order valence-corrected chi connectivity index (χ3v) is 4.50. The van der Waals surface area contributed by atoms with E-state index in [9.17, 15) is 8.78 Å². The minimum Gasteiger partial charge on any atom is -0.409 e. The Morgan fingerprint density at radius 2 is 1.58 bits per heavy atom. The van der Waals surface area contributed by atoms with Crippen LogP contribution in [0.5, 0.6) is 5.75 Å². The summed E-state index contributed by atoms with van der Waals surface area (Å²) in [6.07, 6.45) is 0. The monoisotopic (exact) mass is 341 g/mol. The molecule has 0 radical (unpaired) electrons. The average molecular weight is 341 g/mol. The first-order valence-corrected chi connectivity index (χ1v) is 8.20. The number of halogens is 2. The minimum atomic E-state index is -0.841. The summed E-state index contributed by atoms with van der Waals surface area (Å²) in [5.74, 6) is -0.817. The number of hydrogen-bond acceptors (Lipinski definition) is 3. The van der Waals surface area contributed by atoms with Gasteiger partial charge in [-0.2, -0.15) is 0 Å². The molecule has 120 valence electrons. The Morgan fingerprint density at radius 3 is 2.38 bits per heavy atom. The molecule has 1 aliphatic rings. The van der Waals surface area contributed by atoms with Crippen molar-refractivity contribution in [2.45, 2.75) is 6.54 Å². The SMILES string of the molecule is Fc1ccc(-c2ccc(-c3cccc4c3OSNC4)cc2)cc1F. The number of fused-ring (bicyclic) bond motifs is 1. The van der Waals surface area contributed by atoms with Crippen LogP contribution in [0.1, 0.15) is 5.56 Å². The van der Waals surface area contributed by atoms with Gasteiger partial charge in [0, 0.05) is 17.7 Å². The molecular weight excluding hydrogens is 328 g/mol. The lowest BCUT2D eigenvalue weighted by Crippen LogP contribution is -2.12. The molecule has 0 fully saturated rings. The quantitative estimate of drug-likeness (QED) is 0.502. The van der Waals surface area contributed by atoms with Gasteiger partial charge in [-0.15, -0.1) is 0 Å². The van der Waals surface area contributed by atoms with Crippen molar-refractivity contribution in [1.29, 1.82) is 0 Å². The van der Waals surface area contributed by atoms with Crippen LogP contribution in [-0.4, -0.2) is 0 Å². The number of rotatable bonds is 2. The molecule has 0 amide bonds. The third kappa shape index (κ3) is 2.77. The molecule has 0 atom stereocenters. The van der Waals surface area contributed by atoms with Crippen molar-refractivity contribution in [3.8, 4) is 28.0 Å². The lowest BCUT2D eigenvalue weighted by Gasteiger charge is -2.19. The zero-order valence-corrected chi connectivity index (χ0v) is 13.4. The highest BCUT2D eigenvalue weighted by Gasteiger charge is 2.16. The lowest BCUT2D eigenvalue weighted by molar-refractivity contribution is 0.509. The number of hydrogen-bond donors (Lipinski definition) is 1. The van der Waals surface area contributed by atoms with E-state index in [0.29, 0.717) is 5.56 Å². The Morgan fingerprint density at radius 1 is 0.833 bits per heavy atom. The number of benzene rings is 3. The van der Waals surface area contributed by atoms with Gasteiger partial charge < -0.3 is 4.18 Å². The fourth-order valence-corrected chi connectivity index (χ4v) is 3.30. The van der Waals surface area contributed by atoms with E-state index in [0.717, 1.165) is 40.6 Å². The Labute approximate surface area is 142 Å². The van der Waals surface area contributed by atoms with Crippen LogP contribution in [0.3, 0.4) is 0 Å². The van der Waals surface area contributed by atoms with Gasteiger partial charge >= 0.3 is 0 Å². The molecule has 1 N–H and O–H groups in total. The maximum absolute atomic E-state index is 13.4. The first-order valence-electron chi connectivity index (χ1n) is 7.46. The maximum Gasteiger partial charge on any atom is 0.159 e. The summed E-state index contributed by atoms with van der Waals surface area (Å²) in [6.45, 7) is 0.751. The van der Waals surface area contributed by atoms with Crippen LogP contribution < -0.4 is 8.91 Å². The van der Waals surface area contributed by atoms with Crippen LogP contribution in [0.15, 0.2) is 60.7 Å². The molecule has 3 aromatic rings. The van der Waals surface area contributed by atoms with Crippen molar-refractivity contribution in [3.05, 3.63) is 77.9 Å². The van der Waals surface area contributed by atoms with E-state index in [-0.39, 0.29) is 0 Å². The van der Waals surface area contributed by atoms with Gasteiger partial charge in [0.05, 0.1) is 0 Å². The summed E-state index contributed by atoms with van der Waals surface area (Å²) in [5.41, 5.74) is 4.61. The van der Waals surface area contributed by atoms with E-state index in [1.807, 2.05) is 42.5 Å².